The minimum Gasteiger partial charge on any atom is -0.507 e. The second kappa shape index (κ2) is 6.56. The predicted molar refractivity (Wildman–Crippen MR) is 75.4 cm³/mol. The predicted octanol–water partition coefficient (Wildman–Crippen LogP) is 1.66. The SMILES string of the molecule is C[C@H](NC(=O)c1cc(F)ccc1O)C(=O)N1CCCCC1. The van der Waals surface area contributed by atoms with E-state index in [-0.39, 0.29) is 17.2 Å². The molecule has 1 atom stereocenters. The van der Waals surface area contributed by atoms with E-state index >= 15 is 0 Å². The summed E-state index contributed by atoms with van der Waals surface area (Å²) in [5.74, 6) is -1.75. The van der Waals surface area contributed by atoms with Gasteiger partial charge in [-0.15, -0.1) is 0 Å². The molecule has 1 aliphatic rings. The number of benzene rings is 1. The zero-order valence-electron chi connectivity index (χ0n) is 11.9. The van der Waals surface area contributed by atoms with Crippen molar-refractivity contribution >= 4 is 11.8 Å². The third-order valence-electron chi connectivity index (χ3n) is 3.59. The molecule has 0 spiro atoms. The van der Waals surface area contributed by atoms with Crippen LogP contribution in [-0.2, 0) is 4.79 Å². The molecule has 1 saturated heterocycles. The van der Waals surface area contributed by atoms with Crippen LogP contribution >= 0.6 is 0 Å². The van der Waals surface area contributed by atoms with Gasteiger partial charge in [-0.2, -0.15) is 0 Å². The van der Waals surface area contributed by atoms with Gasteiger partial charge >= 0.3 is 0 Å². The number of phenols is 1. The van der Waals surface area contributed by atoms with Crippen molar-refractivity contribution in [2.45, 2.75) is 32.2 Å². The van der Waals surface area contributed by atoms with Crippen molar-refractivity contribution in [3.63, 3.8) is 0 Å². The number of aromatic hydroxyl groups is 1. The molecule has 6 heteroatoms. The number of amides is 2. The lowest BCUT2D eigenvalue weighted by Gasteiger charge is -2.29. The van der Waals surface area contributed by atoms with Crippen LogP contribution in [0.5, 0.6) is 5.75 Å². The van der Waals surface area contributed by atoms with E-state index < -0.39 is 17.8 Å². The van der Waals surface area contributed by atoms with Crippen LogP contribution in [0.25, 0.3) is 0 Å². The van der Waals surface area contributed by atoms with Crippen LogP contribution in [0.4, 0.5) is 4.39 Å². The third kappa shape index (κ3) is 3.71. The van der Waals surface area contributed by atoms with E-state index in [0.29, 0.717) is 13.1 Å². The largest absolute Gasteiger partial charge is 0.507 e. The van der Waals surface area contributed by atoms with Crippen LogP contribution < -0.4 is 5.32 Å². The Labute approximate surface area is 122 Å². The van der Waals surface area contributed by atoms with Crippen molar-refractivity contribution in [3.8, 4) is 5.75 Å². The van der Waals surface area contributed by atoms with Gasteiger partial charge in [0.2, 0.25) is 5.91 Å². The van der Waals surface area contributed by atoms with E-state index in [1.807, 2.05) is 0 Å². The first kappa shape index (κ1) is 15.3. The molecular weight excluding hydrogens is 275 g/mol. The third-order valence-corrected chi connectivity index (χ3v) is 3.59. The Kier molecular flexibility index (Phi) is 4.77. The number of rotatable bonds is 3. The summed E-state index contributed by atoms with van der Waals surface area (Å²) < 4.78 is 13.1. The molecule has 2 rings (SSSR count). The molecule has 1 heterocycles. The number of carbonyl (C=O) groups excluding carboxylic acids is 2. The molecule has 1 fully saturated rings. The van der Waals surface area contributed by atoms with Gasteiger partial charge in [0.15, 0.2) is 0 Å². The van der Waals surface area contributed by atoms with E-state index in [2.05, 4.69) is 5.32 Å². The highest BCUT2D eigenvalue weighted by molar-refractivity contribution is 5.99. The van der Waals surface area contributed by atoms with Crippen LogP contribution in [0.2, 0.25) is 0 Å². The Morgan fingerprint density at radius 1 is 1.29 bits per heavy atom. The standard InChI is InChI=1S/C15H19FN2O3/c1-10(15(21)18-7-3-2-4-8-18)17-14(20)12-9-11(16)5-6-13(12)19/h5-6,9-10,19H,2-4,7-8H2,1H3,(H,17,20)/t10-/m0/s1. The highest BCUT2D eigenvalue weighted by Gasteiger charge is 2.24. The minimum atomic E-state index is -0.710. The molecule has 0 aromatic heterocycles. The Morgan fingerprint density at radius 3 is 2.62 bits per heavy atom. The average Bonchev–Trinajstić information content (AvgIpc) is 2.49. The van der Waals surface area contributed by atoms with Gasteiger partial charge in [-0.1, -0.05) is 0 Å². The Balaban J connectivity index is 2.01. The van der Waals surface area contributed by atoms with Crippen LogP contribution in [0.1, 0.15) is 36.5 Å². The zero-order chi connectivity index (χ0) is 15.4. The fourth-order valence-electron chi connectivity index (χ4n) is 2.41. The van der Waals surface area contributed by atoms with Crippen molar-refractivity contribution in [3.05, 3.63) is 29.6 Å². The van der Waals surface area contributed by atoms with E-state index in [1.54, 1.807) is 11.8 Å². The zero-order valence-corrected chi connectivity index (χ0v) is 11.9. The minimum absolute atomic E-state index is 0.154. The summed E-state index contributed by atoms with van der Waals surface area (Å²) in [6, 6.07) is 2.41. The van der Waals surface area contributed by atoms with Crippen molar-refractivity contribution in [2.75, 3.05) is 13.1 Å². The molecule has 0 radical (unpaired) electrons. The van der Waals surface area contributed by atoms with Crippen LogP contribution in [0.15, 0.2) is 18.2 Å². The van der Waals surface area contributed by atoms with Gasteiger partial charge in [-0.3, -0.25) is 9.59 Å². The number of carbonyl (C=O) groups is 2. The first-order chi connectivity index (χ1) is 9.99. The van der Waals surface area contributed by atoms with Gasteiger partial charge in [0.05, 0.1) is 5.56 Å². The molecule has 5 nitrogen and oxygen atoms in total. The maximum absolute atomic E-state index is 13.1. The number of halogens is 1. The molecule has 1 aliphatic heterocycles. The van der Waals surface area contributed by atoms with Gasteiger partial charge in [0.25, 0.3) is 5.91 Å². The Bertz CT molecular complexity index is 542. The number of hydrogen-bond acceptors (Lipinski definition) is 3. The molecule has 0 aliphatic carbocycles. The number of likely N-dealkylation sites (tertiary alicyclic amines) is 1. The highest BCUT2D eigenvalue weighted by atomic mass is 19.1. The van der Waals surface area contributed by atoms with Crippen LogP contribution in [0.3, 0.4) is 0 Å². The monoisotopic (exact) mass is 294 g/mol. The van der Waals surface area contributed by atoms with Gasteiger partial charge in [-0.25, -0.2) is 4.39 Å². The summed E-state index contributed by atoms with van der Waals surface area (Å²) in [5, 5.41) is 12.1. The summed E-state index contributed by atoms with van der Waals surface area (Å²) in [6.45, 7) is 2.99. The lowest BCUT2D eigenvalue weighted by molar-refractivity contribution is -0.133. The molecule has 21 heavy (non-hydrogen) atoms. The molecule has 2 N–H and O–H groups in total. The Morgan fingerprint density at radius 2 is 1.95 bits per heavy atom. The van der Waals surface area contributed by atoms with E-state index in [4.69, 9.17) is 0 Å². The fourth-order valence-corrected chi connectivity index (χ4v) is 2.41. The number of phenolic OH excluding ortho intramolecular Hbond substituents is 1. The van der Waals surface area contributed by atoms with Gasteiger partial charge in [0.1, 0.15) is 17.6 Å². The summed E-state index contributed by atoms with van der Waals surface area (Å²) >= 11 is 0. The van der Waals surface area contributed by atoms with Crippen molar-refractivity contribution < 1.29 is 19.1 Å². The average molecular weight is 294 g/mol. The first-order valence-electron chi connectivity index (χ1n) is 7.07. The number of nitrogens with one attached hydrogen (secondary N) is 1. The normalized spacial score (nSPS) is 16.4. The molecule has 0 bridgehead atoms. The van der Waals surface area contributed by atoms with Crippen LogP contribution in [0, 0.1) is 5.82 Å². The maximum atomic E-state index is 13.1. The lowest BCUT2D eigenvalue weighted by Crippen LogP contribution is -2.48. The topological polar surface area (TPSA) is 69.6 Å². The molecular formula is C15H19FN2O3. The maximum Gasteiger partial charge on any atom is 0.255 e. The van der Waals surface area contributed by atoms with Crippen molar-refractivity contribution in [1.82, 2.24) is 10.2 Å². The number of piperidine rings is 1. The van der Waals surface area contributed by atoms with Crippen LogP contribution in [-0.4, -0.2) is 41.0 Å². The number of hydrogen-bond donors (Lipinski definition) is 2. The second-order valence-corrected chi connectivity index (χ2v) is 5.24. The van der Waals surface area contributed by atoms with E-state index in [9.17, 15) is 19.1 Å². The van der Waals surface area contributed by atoms with E-state index in [0.717, 1.165) is 37.5 Å². The molecule has 0 saturated carbocycles. The molecule has 1 aromatic carbocycles. The van der Waals surface area contributed by atoms with Crippen molar-refractivity contribution in [2.24, 2.45) is 0 Å². The highest BCUT2D eigenvalue weighted by Crippen LogP contribution is 2.18. The van der Waals surface area contributed by atoms with Crippen molar-refractivity contribution in [1.29, 1.82) is 0 Å². The van der Waals surface area contributed by atoms with E-state index in [1.165, 1.54) is 0 Å². The molecule has 0 unspecified atom stereocenters. The Hall–Kier alpha value is -2.11. The summed E-state index contributed by atoms with van der Waals surface area (Å²) in [6.07, 6.45) is 3.05. The van der Waals surface area contributed by atoms with Gasteiger partial charge in [-0.05, 0) is 44.4 Å². The molecule has 1 aromatic rings. The summed E-state index contributed by atoms with van der Waals surface area (Å²) in [5.41, 5.74) is -0.173. The summed E-state index contributed by atoms with van der Waals surface area (Å²) in [7, 11) is 0. The quantitative estimate of drug-likeness (QED) is 0.891. The molecule has 114 valence electrons. The summed E-state index contributed by atoms with van der Waals surface area (Å²) in [4.78, 5) is 25.9. The fraction of sp³-hybridized carbons (Fsp3) is 0.467. The van der Waals surface area contributed by atoms with Gasteiger partial charge in [0, 0.05) is 13.1 Å². The second-order valence-electron chi connectivity index (χ2n) is 5.24. The smallest absolute Gasteiger partial charge is 0.255 e. The van der Waals surface area contributed by atoms with Gasteiger partial charge < -0.3 is 15.3 Å². The number of nitrogens with zero attached hydrogens (tertiary/aromatic N) is 1. The first-order valence-corrected chi connectivity index (χ1v) is 7.07. The lowest BCUT2D eigenvalue weighted by atomic mass is 10.1. The molecule has 2 amide bonds.